The average molecular weight is 280 g/mol. The van der Waals surface area contributed by atoms with Gasteiger partial charge >= 0.3 is 0 Å². The Morgan fingerprint density at radius 2 is 1.90 bits per heavy atom. The molecule has 0 aliphatic carbocycles. The number of benzene rings is 1. The van der Waals surface area contributed by atoms with Crippen molar-refractivity contribution in [3.63, 3.8) is 0 Å². The number of nitrogens with zero attached hydrogens (tertiary/aromatic N) is 3. The van der Waals surface area contributed by atoms with Gasteiger partial charge in [-0.3, -0.25) is 4.98 Å². The molecule has 0 saturated carbocycles. The Morgan fingerprint density at radius 1 is 1.05 bits per heavy atom. The molecular formula is C16H16N4O. The SMILES string of the molecule is Cc1cnccc1CNCc1nnc(-c2ccccc2)o1. The maximum Gasteiger partial charge on any atom is 0.247 e. The van der Waals surface area contributed by atoms with Gasteiger partial charge < -0.3 is 9.73 Å². The number of aryl methyl sites for hydroxylation is 1. The zero-order valence-electron chi connectivity index (χ0n) is 11.8. The molecule has 1 N–H and O–H groups in total. The van der Waals surface area contributed by atoms with E-state index in [0.717, 1.165) is 12.1 Å². The number of aromatic nitrogens is 3. The minimum atomic E-state index is 0.543. The van der Waals surface area contributed by atoms with Crippen molar-refractivity contribution in [3.8, 4) is 11.5 Å². The van der Waals surface area contributed by atoms with Gasteiger partial charge in [0.25, 0.3) is 0 Å². The van der Waals surface area contributed by atoms with Crippen molar-refractivity contribution in [3.05, 3.63) is 65.8 Å². The molecule has 0 unspecified atom stereocenters. The topological polar surface area (TPSA) is 63.8 Å². The summed E-state index contributed by atoms with van der Waals surface area (Å²) in [7, 11) is 0. The molecule has 2 aromatic heterocycles. The Labute approximate surface area is 123 Å². The van der Waals surface area contributed by atoms with Gasteiger partial charge in [-0.2, -0.15) is 0 Å². The third-order valence-corrected chi connectivity index (χ3v) is 3.22. The van der Waals surface area contributed by atoms with Crippen LogP contribution in [0.3, 0.4) is 0 Å². The van der Waals surface area contributed by atoms with Crippen molar-refractivity contribution in [1.29, 1.82) is 0 Å². The van der Waals surface area contributed by atoms with Crippen LogP contribution in [0.25, 0.3) is 11.5 Å². The lowest BCUT2D eigenvalue weighted by molar-refractivity contribution is 0.477. The van der Waals surface area contributed by atoms with Gasteiger partial charge in [0.15, 0.2) is 0 Å². The summed E-state index contributed by atoms with van der Waals surface area (Å²) in [4.78, 5) is 4.08. The molecule has 106 valence electrons. The Balaban J connectivity index is 1.60. The molecule has 3 rings (SSSR count). The molecule has 0 saturated heterocycles. The van der Waals surface area contributed by atoms with Gasteiger partial charge in [0.2, 0.25) is 11.8 Å². The van der Waals surface area contributed by atoms with E-state index in [4.69, 9.17) is 4.42 Å². The van der Waals surface area contributed by atoms with E-state index < -0.39 is 0 Å². The number of pyridine rings is 1. The van der Waals surface area contributed by atoms with Crippen LogP contribution in [-0.2, 0) is 13.1 Å². The van der Waals surface area contributed by atoms with Crippen molar-refractivity contribution in [2.75, 3.05) is 0 Å². The van der Waals surface area contributed by atoms with Crippen LogP contribution in [0.4, 0.5) is 0 Å². The molecule has 3 aromatic rings. The van der Waals surface area contributed by atoms with E-state index in [1.54, 1.807) is 6.20 Å². The second kappa shape index (κ2) is 6.28. The summed E-state index contributed by atoms with van der Waals surface area (Å²) in [6.07, 6.45) is 3.65. The van der Waals surface area contributed by atoms with Gasteiger partial charge in [0.05, 0.1) is 6.54 Å². The van der Waals surface area contributed by atoms with Crippen LogP contribution in [0.1, 0.15) is 17.0 Å². The summed E-state index contributed by atoms with van der Waals surface area (Å²) < 4.78 is 5.64. The van der Waals surface area contributed by atoms with Crippen molar-refractivity contribution < 1.29 is 4.42 Å². The summed E-state index contributed by atoms with van der Waals surface area (Å²) in [6.45, 7) is 3.34. The van der Waals surface area contributed by atoms with Crippen LogP contribution >= 0.6 is 0 Å². The minimum absolute atomic E-state index is 0.543. The van der Waals surface area contributed by atoms with Gasteiger partial charge in [-0.1, -0.05) is 18.2 Å². The summed E-state index contributed by atoms with van der Waals surface area (Å²) in [5.74, 6) is 1.13. The second-order valence-corrected chi connectivity index (χ2v) is 4.77. The Bertz CT molecular complexity index is 709. The van der Waals surface area contributed by atoms with Crippen molar-refractivity contribution in [1.82, 2.24) is 20.5 Å². The van der Waals surface area contributed by atoms with Crippen molar-refractivity contribution in [2.24, 2.45) is 0 Å². The van der Waals surface area contributed by atoms with E-state index in [1.807, 2.05) is 49.5 Å². The standard InChI is InChI=1S/C16H16N4O/c1-12-9-17-8-7-14(12)10-18-11-15-19-20-16(21-15)13-5-3-2-4-6-13/h2-9,18H,10-11H2,1H3. The third-order valence-electron chi connectivity index (χ3n) is 3.22. The molecule has 0 spiro atoms. The molecule has 5 heteroatoms. The fraction of sp³-hybridized carbons (Fsp3) is 0.188. The van der Waals surface area contributed by atoms with E-state index in [0.29, 0.717) is 18.3 Å². The van der Waals surface area contributed by atoms with Gasteiger partial charge in [-0.25, -0.2) is 0 Å². The molecule has 0 fully saturated rings. The lowest BCUT2D eigenvalue weighted by Crippen LogP contribution is -2.13. The molecule has 0 aliphatic heterocycles. The largest absolute Gasteiger partial charge is 0.419 e. The zero-order chi connectivity index (χ0) is 14.5. The van der Waals surface area contributed by atoms with Crippen molar-refractivity contribution >= 4 is 0 Å². The maximum atomic E-state index is 5.64. The van der Waals surface area contributed by atoms with Crippen LogP contribution in [-0.4, -0.2) is 15.2 Å². The molecule has 0 bridgehead atoms. The molecule has 21 heavy (non-hydrogen) atoms. The fourth-order valence-electron chi connectivity index (χ4n) is 2.03. The second-order valence-electron chi connectivity index (χ2n) is 4.77. The van der Waals surface area contributed by atoms with Crippen LogP contribution in [0.15, 0.2) is 53.2 Å². The molecular weight excluding hydrogens is 264 g/mol. The number of hydrogen-bond acceptors (Lipinski definition) is 5. The Kier molecular flexibility index (Phi) is 4.02. The molecule has 2 heterocycles. The summed E-state index contributed by atoms with van der Waals surface area (Å²) in [5.41, 5.74) is 3.31. The number of hydrogen-bond donors (Lipinski definition) is 1. The first kappa shape index (κ1) is 13.5. The summed E-state index contributed by atoms with van der Waals surface area (Å²) >= 11 is 0. The van der Waals surface area contributed by atoms with Gasteiger partial charge in [0.1, 0.15) is 0 Å². The smallest absolute Gasteiger partial charge is 0.247 e. The number of rotatable bonds is 5. The Hall–Kier alpha value is -2.53. The maximum absolute atomic E-state index is 5.64. The molecule has 0 atom stereocenters. The van der Waals surface area contributed by atoms with E-state index in [-0.39, 0.29) is 0 Å². The quantitative estimate of drug-likeness (QED) is 0.778. The first-order chi connectivity index (χ1) is 10.3. The van der Waals surface area contributed by atoms with Gasteiger partial charge in [0, 0.05) is 24.5 Å². The van der Waals surface area contributed by atoms with E-state index in [1.165, 1.54) is 11.1 Å². The van der Waals surface area contributed by atoms with Gasteiger partial charge in [-0.05, 0) is 36.2 Å². The summed E-state index contributed by atoms with van der Waals surface area (Å²) in [5, 5.41) is 11.4. The summed E-state index contributed by atoms with van der Waals surface area (Å²) in [6, 6.07) is 11.8. The van der Waals surface area contributed by atoms with Crippen LogP contribution in [0.2, 0.25) is 0 Å². The molecule has 0 aliphatic rings. The molecule has 1 aromatic carbocycles. The van der Waals surface area contributed by atoms with E-state index in [9.17, 15) is 0 Å². The molecule has 0 amide bonds. The predicted molar refractivity (Wildman–Crippen MR) is 79.3 cm³/mol. The number of nitrogens with one attached hydrogen (secondary N) is 1. The van der Waals surface area contributed by atoms with Crippen LogP contribution in [0, 0.1) is 6.92 Å². The van der Waals surface area contributed by atoms with E-state index >= 15 is 0 Å². The third kappa shape index (κ3) is 3.32. The minimum Gasteiger partial charge on any atom is -0.419 e. The van der Waals surface area contributed by atoms with Gasteiger partial charge in [-0.15, -0.1) is 10.2 Å². The highest BCUT2D eigenvalue weighted by Gasteiger charge is 2.07. The van der Waals surface area contributed by atoms with Crippen molar-refractivity contribution in [2.45, 2.75) is 20.0 Å². The average Bonchev–Trinajstić information content (AvgIpc) is 2.99. The lowest BCUT2D eigenvalue weighted by atomic mass is 10.1. The molecule has 5 nitrogen and oxygen atoms in total. The van der Waals surface area contributed by atoms with Crippen LogP contribution < -0.4 is 5.32 Å². The normalized spacial score (nSPS) is 10.7. The molecule has 0 radical (unpaired) electrons. The highest BCUT2D eigenvalue weighted by Crippen LogP contribution is 2.16. The predicted octanol–water partition coefficient (Wildman–Crippen LogP) is 2.73. The first-order valence-corrected chi connectivity index (χ1v) is 6.81. The lowest BCUT2D eigenvalue weighted by Gasteiger charge is -2.04. The monoisotopic (exact) mass is 280 g/mol. The van der Waals surface area contributed by atoms with E-state index in [2.05, 4.69) is 20.5 Å². The Morgan fingerprint density at radius 3 is 2.71 bits per heavy atom. The zero-order valence-corrected chi connectivity index (χ0v) is 11.8. The van der Waals surface area contributed by atoms with Crippen LogP contribution in [0.5, 0.6) is 0 Å². The highest BCUT2D eigenvalue weighted by molar-refractivity contribution is 5.51. The fourth-order valence-corrected chi connectivity index (χ4v) is 2.03. The highest BCUT2D eigenvalue weighted by atomic mass is 16.4. The first-order valence-electron chi connectivity index (χ1n) is 6.81.